The molecule has 0 radical (unpaired) electrons. The Labute approximate surface area is 101 Å². The van der Waals surface area contributed by atoms with Crippen molar-refractivity contribution in [2.45, 2.75) is 19.5 Å². The van der Waals surface area contributed by atoms with Gasteiger partial charge in [0.1, 0.15) is 0 Å². The molecule has 0 spiro atoms. The van der Waals surface area contributed by atoms with Gasteiger partial charge in [0.2, 0.25) is 0 Å². The fraction of sp³-hybridized carbons (Fsp3) is 0.500. The van der Waals surface area contributed by atoms with Crippen LogP contribution in [-0.4, -0.2) is 35.5 Å². The smallest absolute Gasteiger partial charge is 0.269 e. The molecule has 1 aliphatic rings. The Morgan fingerprint density at radius 1 is 1.47 bits per heavy atom. The second-order valence-electron chi connectivity index (χ2n) is 4.45. The average Bonchev–Trinajstić information content (AvgIpc) is 2.33. The summed E-state index contributed by atoms with van der Waals surface area (Å²) in [6.45, 7) is 6.10. The zero-order valence-corrected chi connectivity index (χ0v) is 9.93. The molecule has 2 rings (SSSR count). The van der Waals surface area contributed by atoms with Crippen LogP contribution < -0.4 is 5.32 Å². The van der Waals surface area contributed by atoms with E-state index < -0.39 is 0 Å². The van der Waals surface area contributed by atoms with Crippen LogP contribution in [0.1, 0.15) is 12.5 Å². The van der Waals surface area contributed by atoms with Gasteiger partial charge in [0, 0.05) is 44.4 Å². The third-order valence-electron chi connectivity index (χ3n) is 3.17. The first-order valence-corrected chi connectivity index (χ1v) is 5.85. The summed E-state index contributed by atoms with van der Waals surface area (Å²) in [5, 5.41) is 13.9. The summed E-state index contributed by atoms with van der Waals surface area (Å²) >= 11 is 0. The number of nitro benzene ring substituents is 1. The van der Waals surface area contributed by atoms with Crippen molar-refractivity contribution < 1.29 is 4.92 Å². The maximum Gasteiger partial charge on any atom is 0.269 e. The number of hydrogen-bond donors (Lipinski definition) is 1. The zero-order valence-electron chi connectivity index (χ0n) is 9.93. The molecule has 0 unspecified atom stereocenters. The Kier molecular flexibility index (Phi) is 3.71. The molecule has 0 amide bonds. The number of rotatable bonds is 3. The summed E-state index contributed by atoms with van der Waals surface area (Å²) in [5.74, 6) is 0. The number of nitrogens with zero attached hydrogens (tertiary/aromatic N) is 2. The molecule has 17 heavy (non-hydrogen) atoms. The van der Waals surface area contributed by atoms with E-state index in [2.05, 4.69) is 17.1 Å². The van der Waals surface area contributed by atoms with Crippen LogP contribution in [0.25, 0.3) is 0 Å². The zero-order chi connectivity index (χ0) is 12.3. The molecule has 1 N–H and O–H groups in total. The van der Waals surface area contributed by atoms with Crippen molar-refractivity contribution in [2.75, 3.05) is 19.6 Å². The van der Waals surface area contributed by atoms with Crippen molar-refractivity contribution in [1.82, 2.24) is 10.2 Å². The van der Waals surface area contributed by atoms with E-state index >= 15 is 0 Å². The first-order chi connectivity index (χ1) is 8.16. The van der Waals surface area contributed by atoms with E-state index in [0.717, 1.165) is 31.7 Å². The van der Waals surface area contributed by atoms with Crippen LogP contribution in [0.4, 0.5) is 5.69 Å². The topological polar surface area (TPSA) is 58.4 Å². The van der Waals surface area contributed by atoms with Gasteiger partial charge >= 0.3 is 0 Å². The second kappa shape index (κ2) is 5.25. The van der Waals surface area contributed by atoms with Gasteiger partial charge in [-0.1, -0.05) is 12.1 Å². The lowest BCUT2D eigenvalue weighted by atomic mass is 10.1. The molecule has 0 bridgehead atoms. The summed E-state index contributed by atoms with van der Waals surface area (Å²) in [7, 11) is 0. The minimum atomic E-state index is -0.364. The van der Waals surface area contributed by atoms with Gasteiger partial charge < -0.3 is 5.32 Å². The van der Waals surface area contributed by atoms with Gasteiger partial charge in [0.25, 0.3) is 5.69 Å². The summed E-state index contributed by atoms with van der Waals surface area (Å²) in [5.41, 5.74) is 1.28. The fourth-order valence-electron chi connectivity index (χ4n) is 2.08. The first kappa shape index (κ1) is 12.0. The highest BCUT2D eigenvalue weighted by atomic mass is 16.6. The van der Waals surface area contributed by atoms with Gasteiger partial charge in [0.15, 0.2) is 0 Å². The van der Waals surface area contributed by atoms with Crippen LogP contribution in [0.2, 0.25) is 0 Å². The summed E-state index contributed by atoms with van der Waals surface area (Å²) in [4.78, 5) is 12.6. The van der Waals surface area contributed by atoms with Gasteiger partial charge in [-0.15, -0.1) is 0 Å². The van der Waals surface area contributed by atoms with Crippen molar-refractivity contribution in [1.29, 1.82) is 0 Å². The van der Waals surface area contributed by atoms with E-state index in [1.807, 2.05) is 12.1 Å². The lowest BCUT2D eigenvalue weighted by Crippen LogP contribution is -2.49. The highest BCUT2D eigenvalue weighted by Crippen LogP contribution is 2.15. The van der Waals surface area contributed by atoms with Crippen molar-refractivity contribution in [3.8, 4) is 0 Å². The maximum atomic E-state index is 10.5. The molecule has 0 aromatic heterocycles. The Hall–Kier alpha value is -1.46. The van der Waals surface area contributed by atoms with E-state index in [-0.39, 0.29) is 10.6 Å². The quantitative estimate of drug-likeness (QED) is 0.635. The number of benzene rings is 1. The van der Waals surface area contributed by atoms with Crippen molar-refractivity contribution >= 4 is 5.69 Å². The lowest BCUT2D eigenvalue weighted by molar-refractivity contribution is -0.384. The molecule has 5 heteroatoms. The Balaban J connectivity index is 2.00. The molecular formula is C12H17N3O2. The van der Waals surface area contributed by atoms with Crippen LogP contribution in [0.5, 0.6) is 0 Å². The van der Waals surface area contributed by atoms with E-state index in [0.29, 0.717) is 6.04 Å². The predicted molar refractivity (Wildman–Crippen MR) is 65.8 cm³/mol. The van der Waals surface area contributed by atoms with Crippen molar-refractivity contribution in [3.63, 3.8) is 0 Å². The molecule has 1 atom stereocenters. The standard InChI is InChI=1S/C12H17N3O2/c1-10-8-13-6-7-14(10)9-11-2-4-12(5-3-11)15(16)17/h2-5,10,13H,6-9H2,1H3/t10-/m0/s1. The first-order valence-electron chi connectivity index (χ1n) is 5.85. The van der Waals surface area contributed by atoms with E-state index in [1.54, 1.807) is 12.1 Å². The van der Waals surface area contributed by atoms with Crippen LogP contribution in [0, 0.1) is 10.1 Å². The van der Waals surface area contributed by atoms with Gasteiger partial charge in [-0.2, -0.15) is 0 Å². The van der Waals surface area contributed by atoms with E-state index in [4.69, 9.17) is 0 Å². The van der Waals surface area contributed by atoms with Crippen LogP contribution in [0.15, 0.2) is 24.3 Å². The van der Waals surface area contributed by atoms with Crippen LogP contribution in [-0.2, 0) is 6.54 Å². The van der Waals surface area contributed by atoms with Crippen molar-refractivity contribution in [3.05, 3.63) is 39.9 Å². The fourth-order valence-corrected chi connectivity index (χ4v) is 2.08. The Bertz CT molecular complexity index is 391. The molecule has 0 aliphatic carbocycles. The monoisotopic (exact) mass is 235 g/mol. The largest absolute Gasteiger partial charge is 0.314 e. The Morgan fingerprint density at radius 3 is 2.76 bits per heavy atom. The molecular weight excluding hydrogens is 218 g/mol. The lowest BCUT2D eigenvalue weighted by Gasteiger charge is -2.33. The molecule has 1 aliphatic heterocycles. The molecule has 1 heterocycles. The third kappa shape index (κ3) is 3.01. The molecule has 1 aromatic carbocycles. The minimum Gasteiger partial charge on any atom is -0.314 e. The van der Waals surface area contributed by atoms with Crippen LogP contribution in [0.3, 0.4) is 0 Å². The van der Waals surface area contributed by atoms with E-state index in [1.165, 1.54) is 0 Å². The second-order valence-corrected chi connectivity index (χ2v) is 4.45. The highest BCUT2D eigenvalue weighted by Gasteiger charge is 2.17. The predicted octanol–water partition coefficient (Wildman–Crippen LogP) is 1.39. The molecule has 1 saturated heterocycles. The molecule has 0 saturated carbocycles. The van der Waals surface area contributed by atoms with Crippen molar-refractivity contribution in [2.24, 2.45) is 0 Å². The molecule has 92 valence electrons. The number of nitro groups is 1. The maximum absolute atomic E-state index is 10.5. The molecule has 1 fully saturated rings. The summed E-state index contributed by atoms with van der Waals surface area (Å²) in [6, 6.07) is 7.34. The summed E-state index contributed by atoms with van der Waals surface area (Å²) in [6.07, 6.45) is 0. The minimum absolute atomic E-state index is 0.155. The third-order valence-corrected chi connectivity index (χ3v) is 3.17. The van der Waals surface area contributed by atoms with Gasteiger partial charge in [0.05, 0.1) is 4.92 Å². The van der Waals surface area contributed by atoms with E-state index in [9.17, 15) is 10.1 Å². The van der Waals surface area contributed by atoms with Gasteiger partial charge in [-0.3, -0.25) is 15.0 Å². The number of nitrogens with one attached hydrogen (secondary N) is 1. The molecule has 5 nitrogen and oxygen atoms in total. The highest BCUT2D eigenvalue weighted by molar-refractivity contribution is 5.32. The normalized spacial score (nSPS) is 21.4. The van der Waals surface area contributed by atoms with Gasteiger partial charge in [-0.05, 0) is 12.5 Å². The SMILES string of the molecule is C[C@H]1CNCCN1Cc1ccc([N+](=O)[O-])cc1. The number of hydrogen-bond acceptors (Lipinski definition) is 4. The molecule has 1 aromatic rings. The number of non-ortho nitro benzene ring substituents is 1. The van der Waals surface area contributed by atoms with Gasteiger partial charge in [-0.25, -0.2) is 0 Å². The Morgan fingerprint density at radius 2 is 2.18 bits per heavy atom. The average molecular weight is 235 g/mol. The summed E-state index contributed by atoms with van der Waals surface area (Å²) < 4.78 is 0. The number of piperazine rings is 1. The van der Waals surface area contributed by atoms with Crippen LogP contribution >= 0.6 is 0 Å².